The highest BCUT2D eigenvalue weighted by molar-refractivity contribution is 6.02. The number of rotatable bonds is 6. The van der Waals surface area contributed by atoms with E-state index < -0.39 is 17.4 Å². The van der Waals surface area contributed by atoms with Crippen LogP contribution in [-0.2, 0) is 11.2 Å². The Bertz CT molecular complexity index is 992. The van der Waals surface area contributed by atoms with Crippen LogP contribution in [0.4, 0.5) is 0 Å². The number of hydrogen-bond acceptors (Lipinski definition) is 5. The lowest BCUT2D eigenvalue weighted by atomic mass is 9.95. The lowest BCUT2D eigenvalue weighted by molar-refractivity contribution is 0.0600. The lowest BCUT2D eigenvalue weighted by Gasteiger charge is -2.14. The van der Waals surface area contributed by atoms with Gasteiger partial charge in [0.15, 0.2) is 0 Å². The van der Waals surface area contributed by atoms with E-state index in [-0.39, 0.29) is 29.5 Å². The summed E-state index contributed by atoms with van der Waals surface area (Å²) in [6.45, 7) is 0. The Morgan fingerprint density at radius 2 is 1.96 bits per heavy atom. The fourth-order valence-electron chi connectivity index (χ4n) is 2.94. The quantitative estimate of drug-likeness (QED) is 0.644. The average Bonchev–Trinajstić information content (AvgIpc) is 3.51. The van der Waals surface area contributed by atoms with Gasteiger partial charge in [-0.05, 0) is 42.5 Å². The molecule has 146 valence electrons. The van der Waals surface area contributed by atoms with E-state index in [0.29, 0.717) is 16.7 Å². The molecule has 1 heterocycles. The molecule has 0 radical (unpaired) electrons. The van der Waals surface area contributed by atoms with Crippen molar-refractivity contribution in [1.29, 1.82) is 0 Å². The molecule has 0 unspecified atom stereocenters. The molecule has 3 rings (SSSR count). The van der Waals surface area contributed by atoms with Gasteiger partial charge in [-0.15, -0.1) is 0 Å². The van der Waals surface area contributed by atoms with Gasteiger partial charge >= 0.3 is 5.97 Å². The summed E-state index contributed by atoms with van der Waals surface area (Å²) in [5.74, 6) is -1.42. The van der Waals surface area contributed by atoms with Crippen LogP contribution < -0.4 is 16.2 Å². The second-order valence-corrected chi connectivity index (χ2v) is 6.58. The van der Waals surface area contributed by atoms with Crippen LogP contribution in [-0.4, -0.2) is 43.0 Å². The SMILES string of the molecule is CNC(=O)c1c(Cc2cccc(C(=O)OC)c2)c(C(=O)NC2CC2)c[nH]c1=O. The van der Waals surface area contributed by atoms with Crippen molar-refractivity contribution in [3.63, 3.8) is 0 Å². The molecule has 3 N–H and O–H groups in total. The number of benzene rings is 1. The maximum absolute atomic E-state index is 12.7. The first-order valence-corrected chi connectivity index (χ1v) is 8.89. The molecule has 1 aromatic heterocycles. The van der Waals surface area contributed by atoms with Crippen molar-refractivity contribution in [2.75, 3.05) is 14.2 Å². The molecule has 0 saturated heterocycles. The van der Waals surface area contributed by atoms with Crippen molar-refractivity contribution in [3.8, 4) is 0 Å². The van der Waals surface area contributed by atoms with Crippen molar-refractivity contribution < 1.29 is 19.1 Å². The highest BCUT2D eigenvalue weighted by Gasteiger charge is 2.27. The Morgan fingerprint density at radius 1 is 1.21 bits per heavy atom. The second-order valence-electron chi connectivity index (χ2n) is 6.58. The first-order chi connectivity index (χ1) is 13.4. The molecular weight excluding hydrogens is 362 g/mol. The van der Waals surface area contributed by atoms with E-state index in [2.05, 4.69) is 15.6 Å². The third-order valence-electron chi connectivity index (χ3n) is 4.54. The van der Waals surface area contributed by atoms with Gasteiger partial charge in [-0.2, -0.15) is 0 Å². The van der Waals surface area contributed by atoms with E-state index in [0.717, 1.165) is 12.8 Å². The third-order valence-corrected chi connectivity index (χ3v) is 4.54. The van der Waals surface area contributed by atoms with Crippen LogP contribution in [0.25, 0.3) is 0 Å². The minimum Gasteiger partial charge on any atom is -0.465 e. The van der Waals surface area contributed by atoms with Crippen LogP contribution in [0.1, 0.15) is 55.0 Å². The van der Waals surface area contributed by atoms with Crippen molar-refractivity contribution in [2.45, 2.75) is 25.3 Å². The summed E-state index contributed by atoms with van der Waals surface area (Å²) >= 11 is 0. The number of nitrogens with one attached hydrogen (secondary N) is 3. The Hall–Kier alpha value is -3.42. The van der Waals surface area contributed by atoms with Crippen molar-refractivity contribution in [3.05, 3.63) is 68.6 Å². The summed E-state index contributed by atoms with van der Waals surface area (Å²) in [7, 11) is 2.70. The molecule has 1 saturated carbocycles. The molecule has 8 nitrogen and oxygen atoms in total. The summed E-state index contributed by atoms with van der Waals surface area (Å²) in [6, 6.07) is 6.78. The molecule has 2 aromatic rings. The zero-order valence-corrected chi connectivity index (χ0v) is 15.6. The summed E-state index contributed by atoms with van der Waals surface area (Å²) < 4.78 is 4.73. The summed E-state index contributed by atoms with van der Waals surface area (Å²) in [4.78, 5) is 51.6. The molecule has 0 spiro atoms. The van der Waals surface area contributed by atoms with E-state index in [1.807, 2.05) is 0 Å². The Kier molecular flexibility index (Phi) is 5.58. The molecule has 1 aromatic carbocycles. The molecule has 1 fully saturated rings. The Balaban J connectivity index is 2.07. The van der Waals surface area contributed by atoms with Gasteiger partial charge in [0, 0.05) is 19.3 Å². The van der Waals surface area contributed by atoms with Crippen LogP contribution in [0.5, 0.6) is 0 Å². The Morgan fingerprint density at radius 3 is 2.61 bits per heavy atom. The number of H-pyrrole nitrogens is 1. The van der Waals surface area contributed by atoms with Crippen LogP contribution in [0.15, 0.2) is 35.3 Å². The smallest absolute Gasteiger partial charge is 0.337 e. The van der Waals surface area contributed by atoms with Gasteiger partial charge in [-0.1, -0.05) is 12.1 Å². The zero-order valence-electron chi connectivity index (χ0n) is 15.6. The first kappa shape index (κ1) is 19.3. The number of carbonyl (C=O) groups is 3. The molecule has 0 aliphatic heterocycles. The van der Waals surface area contributed by atoms with Crippen LogP contribution >= 0.6 is 0 Å². The molecule has 0 bridgehead atoms. The summed E-state index contributed by atoms with van der Waals surface area (Å²) in [5.41, 5.74) is 0.849. The lowest BCUT2D eigenvalue weighted by Crippen LogP contribution is -2.33. The highest BCUT2D eigenvalue weighted by atomic mass is 16.5. The predicted molar refractivity (Wildman–Crippen MR) is 102 cm³/mol. The third kappa shape index (κ3) is 4.11. The van der Waals surface area contributed by atoms with E-state index >= 15 is 0 Å². The van der Waals surface area contributed by atoms with E-state index in [9.17, 15) is 19.2 Å². The molecule has 0 atom stereocenters. The van der Waals surface area contributed by atoms with Gasteiger partial charge in [0.1, 0.15) is 5.56 Å². The van der Waals surface area contributed by atoms with E-state index in [4.69, 9.17) is 4.74 Å². The van der Waals surface area contributed by atoms with E-state index in [1.54, 1.807) is 24.3 Å². The largest absolute Gasteiger partial charge is 0.465 e. The maximum Gasteiger partial charge on any atom is 0.337 e. The minimum atomic E-state index is -0.582. The number of carbonyl (C=O) groups excluding carboxylic acids is 3. The molecule has 1 aliphatic carbocycles. The summed E-state index contributed by atoms with van der Waals surface area (Å²) in [5, 5.41) is 5.31. The first-order valence-electron chi connectivity index (χ1n) is 8.89. The molecule has 8 heteroatoms. The highest BCUT2D eigenvalue weighted by Crippen LogP contribution is 2.22. The zero-order chi connectivity index (χ0) is 20.3. The predicted octanol–water partition coefficient (Wildman–Crippen LogP) is 1.00. The number of pyridine rings is 1. The van der Waals surface area contributed by atoms with Crippen molar-refractivity contribution in [1.82, 2.24) is 15.6 Å². The van der Waals surface area contributed by atoms with Crippen LogP contribution in [0.2, 0.25) is 0 Å². The number of hydrogen-bond donors (Lipinski definition) is 3. The number of methoxy groups -OCH3 is 1. The number of aromatic nitrogens is 1. The minimum absolute atomic E-state index is 0.116. The average molecular weight is 383 g/mol. The normalized spacial score (nSPS) is 12.9. The standard InChI is InChI=1S/C20H21N3O5/c1-21-18(25)16-14(9-11-4-3-5-12(8-11)20(27)28-2)15(10-22-19(16)26)17(24)23-13-6-7-13/h3-5,8,10,13H,6-7,9H2,1-2H3,(H,21,25)(H,22,26)(H,23,24). The molecule has 2 amide bonds. The number of aromatic amines is 1. The van der Waals surface area contributed by atoms with Gasteiger partial charge in [0.25, 0.3) is 17.4 Å². The van der Waals surface area contributed by atoms with Crippen LogP contribution in [0, 0.1) is 0 Å². The van der Waals surface area contributed by atoms with Crippen molar-refractivity contribution in [2.24, 2.45) is 0 Å². The number of amides is 2. The molecule has 28 heavy (non-hydrogen) atoms. The maximum atomic E-state index is 12.7. The Labute approximate surface area is 161 Å². The van der Waals surface area contributed by atoms with Gasteiger partial charge in [-0.25, -0.2) is 4.79 Å². The monoisotopic (exact) mass is 383 g/mol. The number of ether oxygens (including phenoxy) is 1. The van der Waals surface area contributed by atoms with Gasteiger partial charge in [0.2, 0.25) is 0 Å². The van der Waals surface area contributed by atoms with Crippen LogP contribution in [0.3, 0.4) is 0 Å². The fraction of sp³-hybridized carbons (Fsp3) is 0.300. The number of esters is 1. The van der Waals surface area contributed by atoms with Crippen molar-refractivity contribution >= 4 is 17.8 Å². The summed E-state index contributed by atoms with van der Waals surface area (Å²) in [6.07, 6.45) is 3.28. The topological polar surface area (TPSA) is 117 Å². The van der Waals surface area contributed by atoms with Gasteiger partial charge < -0.3 is 20.4 Å². The van der Waals surface area contributed by atoms with Gasteiger partial charge in [-0.3, -0.25) is 14.4 Å². The fourth-order valence-corrected chi connectivity index (χ4v) is 2.94. The molecule has 1 aliphatic rings. The van der Waals surface area contributed by atoms with E-state index in [1.165, 1.54) is 20.4 Å². The van der Waals surface area contributed by atoms with Gasteiger partial charge in [0.05, 0.1) is 18.2 Å². The molecular formula is C20H21N3O5. The second kappa shape index (κ2) is 8.08.